The van der Waals surface area contributed by atoms with E-state index in [1.54, 1.807) is 0 Å². The SMILES string of the molecule is CCC(CN)CCNCC(C)C(C)C. The lowest BCUT2D eigenvalue weighted by molar-refractivity contribution is 0.378. The Balaban J connectivity index is 3.36. The molecule has 0 aromatic heterocycles. The van der Waals surface area contributed by atoms with Crippen LogP contribution in [0.1, 0.15) is 40.5 Å². The number of rotatable bonds is 8. The maximum absolute atomic E-state index is 5.65. The highest BCUT2D eigenvalue weighted by Gasteiger charge is 2.07. The first-order chi connectivity index (χ1) is 6.61. The van der Waals surface area contributed by atoms with Crippen LogP contribution in [0.15, 0.2) is 0 Å². The van der Waals surface area contributed by atoms with Gasteiger partial charge in [-0.05, 0) is 43.8 Å². The largest absolute Gasteiger partial charge is 0.330 e. The smallest absolute Gasteiger partial charge is 0.00207 e. The van der Waals surface area contributed by atoms with E-state index >= 15 is 0 Å². The molecule has 0 radical (unpaired) electrons. The summed E-state index contributed by atoms with van der Waals surface area (Å²) in [5.74, 6) is 2.25. The third-order valence-corrected chi connectivity index (χ3v) is 3.24. The highest BCUT2D eigenvalue weighted by molar-refractivity contribution is 4.63. The van der Waals surface area contributed by atoms with Crippen LogP contribution in [0, 0.1) is 17.8 Å². The molecular weight excluding hydrogens is 172 g/mol. The highest BCUT2D eigenvalue weighted by atomic mass is 14.9. The van der Waals surface area contributed by atoms with Crippen molar-refractivity contribution in [3.05, 3.63) is 0 Å². The Bertz CT molecular complexity index is 115. The van der Waals surface area contributed by atoms with Crippen LogP contribution in [0.5, 0.6) is 0 Å². The van der Waals surface area contributed by atoms with Gasteiger partial charge >= 0.3 is 0 Å². The van der Waals surface area contributed by atoms with Gasteiger partial charge in [-0.1, -0.05) is 34.1 Å². The zero-order valence-corrected chi connectivity index (χ0v) is 10.3. The summed E-state index contributed by atoms with van der Waals surface area (Å²) >= 11 is 0. The molecule has 14 heavy (non-hydrogen) atoms. The van der Waals surface area contributed by atoms with Gasteiger partial charge in [0, 0.05) is 0 Å². The summed E-state index contributed by atoms with van der Waals surface area (Å²) in [6, 6.07) is 0. The molecule has 86 valence electrons. The van der Waals surface area contributed by atoms with Gasteiger partial charge in [0.05, 0.1) is 0 Å². The van der Waals surface area contributed by atoms with Crippen molar-refractivity contribution in [2.75, 3.05) is 19.6 Å². The predicted octanol–water partition coefficient (Wildman–Crippen LogP) is 2.24. The van der Waals surface area contributed by atoms with E-state index < -0.39 is 0 Å². The second-order valence-corrected chi connectivity index (χ2v) is 4.72. The monoisotopic (exact) mass is 200 g/mol. The van der Waals surface area contributed by atoms with Gasteiger partial charge in [0.2, 0.25) is 0 Å². The molecule has 2 heteroatoms. The third-order valence-electron chi connectivity index (χ3n) is 3.24. The highest BCUT2D eigenvalue weighted by Crippen LogP contribution is 2.08. The topological polar surface area (TPSA) is 38.0 Å². The van der Waals surface area contributed by atoms with Gasteiger partial charge in [0.1, 0.15) is 0 Å². The molecule has 0 aliphatic heterocycles. The molecule has 2 atom stereocenters. The van der Waals surface area contributed by atoms with Gasteiger partial charge in [0.15, 0.2) is 0 Å². The standard InChI is InChI=1S/C12H28N2/c1-5-12(8-13)6-7-14-9-11(4)10(2)3/h10-12,14H,5-9,13H2,1-4H3. The first-order valence-electron chi connectivity index (χ1n) is 6.02. The second-order valence-electron chi connectivity index (χ2n) is 4.72. The molecule has 0 saturated carbocycles. The summed E-state index contributed by atoms with van der Waals surface area (Å²) in [7, 11) is 0. The molecule has 0 saturated heterocycles. The Morgan fingerprint density at radius 1 is 1.21 bits per heavy atom. The zero-order valence-electron chi connectivity index (χ0n) is 10.3. The summed E-state index contributed by atoms with van der Waals surface area (Å²) in [6.45, 7) is 12.2. The molecule has 0 rings (SSSR count). The van der Waals surface area contributed by atoms with Gasteiger partial charge in [-0.2, -0.15) is 0 Å². The van der Waals surface area contributed by atoms with Crippen LogP contribution in [0.3, 0.4) is 0 Å². The van der Waals surface area contributed by atoms with Gasteiger partial charge in [-0.3, -0.25) is 0 Å². The zero-order chi connectivity index (χ0) is 11.0. The first-order valence-corrected chi connectivity index (χ1v) is 6.02. The number of hydrogen-bond donors (Lipinski definition) is 2. The summed E-state index contributed by atoms with van der Waals surface area (Å²) in [6.07, 6.45) is 2.43. The van der Waals surface area contributed by atoms with Crippen molar-refractivity contribution in [2.24, 2.45) is 23.5 Å². The Hall–Kier alpha value is -0.0800. The molecule has 2 nitrogen and oxygen atoms in total. The normalized spacial score (nSPS) is 15.9. The van der Waals surface area contributed by atoms with Crippen LogP contribution in [0.4, 0.5) is 0 Å². The Labute approximate surface area is 89.6 Å². The Morgan fingerprint density at radius 2 is 1.86 bits per heavy atom. The molecule has 0 spiro atoms. The molecule has 0 aromatic rings. The molecule has 0 aromatic carbocycles. The van der Waals surface area contributed by atoms with Crippen molar-refractivity contribution >= 4 is 0 Å². The minimum absolute atomic E-state index is 0.705. The first kappa shape index (κ1) is 13.9. The molecule has 3 N–H and O–H groups in total. The second kappa shape index (κ2) is 8.25. The van der Waals surface area contributed by atoms with Crippen molar-refractivity contribution in [2.45, 2.75) is 40.5 Å². The fourth-order valence-corrected chi connectivity index (χ4v) is 1.36. The summed E-state index contributed by atoms with van der Waals surface area (Å²) in [5.41, 5.74) is 5.65. The molecule has 2 unspecified atom stereocenters. The quantitative estimate of drug-likeness (QED) is 0.590. The maximum Gasteiger partial charge on any atom is -0.00207 e. The maximum atomic E-state index is 5.65. The molecule has 0 heterocycles. The average molecular weight is 200 g/mol. The van der Waals surface area contributed by atoms with Crippen LogP contribution in [0.25, 0.3) is 0 Å². The lowest BCUT2D eigenvalue weighted by atomic mass is 9.98. The Kier molecular flexibility index (Phi) is 8.20. The number of nitrogens with one attached hydrogen (secondary N) is 1. The van der Waals surface area contributed by atoms with Gasteiger partial charge < -0.3 is 11.1 Å². The predicted molar refractivity (Wildman–Crippen MR) is 64.3 cm³/mol. The van der Waals surface area contributed by atoms with Crippen molar-refractivity contribution in [1.82, 2.24) is 5.32 Å². The fourth-order valence-electron chi connectivity index (χ4n) is 1.36. The van der Waals surface area contributed by atoms with Crippen LogP contribution < -0.4 is 11.1 Å². The van der Waals surface area contributed by atoms with E-state index in [4.69, 9.17) is 5.73 Å². The van der Waals surface area contributed by atoms with Crippen molar-refractivity contribution in [3.63, 3.8) is 0 Å². The summed E-state index contributed by atoms with van der Waals surface area (Å²) in [4.78, 5) is 0. The summed E-state index contributed by atoms with van der Waals surface area (Å²) in [5, 5.41) is 3.51. The van der Waals surface area contributed by atoms with E-state index in [0.717, 1.165) is 31.5 Å². The minimum atomic E-state index is 0.705. The van der Waals surface area contributed by atoms with Crippen molar-refractivity contribution < 1.29 is 0 Å². The minimum Gasteiger partial charge on any atom is -0.330 e. The van der Waals surface area contributed by atoms with E-state index in [-0.39, 0.29) is 0 Å². The van der Waals surface area contributed by atoms with Crippen LogP contribution in [-0.2, 0) is 0 Å². The molecule has 0 bridgehead atoms. The van der Waals surface area contributed by atoms with Crippen molar-refractivity contribution in [1.29, 1.82) is 0 Å². The molecule has 0 fully saturated rings. The van der Waals surface area contributed by atoms with E-state index in [1.165, 1.54) is 12.8 Å². The van der Waals surface area contributed by atoms with Crippen molar-refractivity contribution in [3.8, 4) is 0 Å². The van der Waals surface area contributed by atoms with E-state index in [9.17, 15) is 0 Å². The van der Waals surface area contributed by atoms with Crippen LogP contribution in [0.2, 0.25) is 0 Å². The van der Waals surface area contributed by atoms with E-state index in [0.29, 0.717) is 5.92 Å². The lowest BCUT2D eigenvalue weighted by Crippen LogP contribution is -2.27. The third kappa shape index (κ3) is 6.39. The fraction of sp³-hybridized carbons (Fsp3) is 1.00. The van der Waals surface area contributed by atoms with E-state index in [2.05, 4.69) is 33.0 Å². The van der Waals surface area contributed by atoms with Crippen LogP contribution in [-0.4, -0.2) is 19.6 Å². The number of nitrogens with two attached hydrogens (primary N) is 1. The molecule has 0 aliphatic rings. The summed E-state index contributed by atoms with van der Waals surface area (Å²) < 4.78 is 0. The van der Waals surface area contributed by atoms with Gasteiger partial charge in [0.25, 0.3) is 0 Å². The molecule has 0 aliphatic carbocycles. The molecule has 0 amide bonds. The average Bonchev–Trinajstić information content (AvgIpc) is 2.17. The number of hydrogen-bond acceptors (Lipinski definition) is 2. The lowest BCUT2D eigenvalue weighted by Gasteiger charge is -2.17. The Morgan fingerprint density at radius 3 is 2.29 bits per heavy atom. The van der Waals surface area contributed by atoms with Crippen LogP contribution >= 0.6 is 0 Å². The van der Waals surface area contributed by atoms with E-state index in [1.807, 2.05) is 0 Å². The van der Waals surface area contributed by atoms with Gasteiger partial charge in [-0.25, -0.2) is 0 Å². The van der Waals surface area contributed by atoms with Gasteiger partial charge in [-0.15, -0.1) is 0 Å². The molecular formula is C12H28N2.